The highest BCUT2D eigenvalue weighted by atomic mass is 16.3. The van der Waals surface area contributed by atoms with Gasteiger partial charge in [-0.3, -0.25) is 0 Å². The van der Waals surface area contributed by atoms with Crippen LogP contribution in [-0.2, 0) is 0 Å². The number of aliphatic hydroxyl groups is 1. The van der Waals surface area contributed by atoms with Crippen molar-refractivity contribution >= 4 is 0 Å². The maximum Gasteiger partial charge on any atom is 0.0872 e. The molecule has 2 nitrogen and oxygen atoms in total. The molecule has 3 N–H and O–H groups in total. The first-order valence-electron chi connectivity index (χ1n) is 5.38. The number of hydrogen-bond donors (Lipinski definition) is 2. The van der Waals surface area contributed by atoms with Gasteiger partial charge >= 0.3 is 0 Å². The highest BCUT2D eigenvalue weighted by molar-refractivity contribution is 5.21. The summed E-state index contributed by atoms with van der Waals surface area (Å²) in [6, 6.07) is 0.216. The van der Waals surface area contributed by atoms with Gasteiger partial charge in [-0.05, 0) is 50.5 Å². The summed E-state index contributed by atoms with van der Waals surface area (Å²) in [5.41, 5.74) is 6.57. The smallest absolute Gasteiger partial charge is 0.0872 e. The molecule has 0 heterocycles. The van der Waals surface area contributed by atoms with Crippen molar-refractivity contribution in [2.45, 2.75) is 56.6 Å². The first-order chi connectivity index (χ1) is 6.21. The fraction of sp³-hybridized carbons (Fsp3) is 0.818. The van der Waals surface area contributed by atoms with E-state index in [2.05, 4.69) is 6.08 Å². The number of allylic oxidation sites excluding steroid dienone is 1. The summed E-state index contributed by atoms with van der Waals surface area (Å²) in [7, 11) is 0. The average molecular weight is 181 g/mol. The average Bonchev–Trinajstić information content (AvgIpc) is 2.49. The lowest BCUT2D eigenvalue weighted by molar-refractivity contribution is 0.0793. The Bertz CT molecular complexity index is 224. The molecular weight excluding hydrogens is 162 g/mol. The van der Waals surface area contributed by atoms with Gasteiger partial charge < -0.3 is 10.8 Å². The van der Waals surface area contributed by atoms with Crippen LogP contribution in [0, 0.1) is 0 Å². The Labute approximate surface area is 79.8 Å². The topological polar surface area (TPSA) is 46.2 Å². The molecule has 0 aromatic heterocycles. The van der Waals surface area contributed by atoms with Crippen molar-refractivity contribution in [2.24, 2.45) is 5.73 Å². The van der Waals surface area contributed by atoms with Gasteiger partial charge in [0, 0.05) is 6.04 Å². The fourth-order valence-electron chi connectivity index (χ4n) is 2.61. The van der Waals surface area contributed by atoms with E-state index >= 15 is 0 Å². The molecule has 13 heavy (non-hydrogen) atoms. The molecule has 2 atom stereocenters. The van der Waals surface area contributed by atoms with Crippen LogP contribution in [0.15, 0.2) is 11.6 Å². The van der Waals surface area contributed by atoms with Crippen LogP contribution >= 0.6 is 0 Å². The maximum absolute atomic E-state index is 10.3. The van der Waals surface area contributed by atoms with Crippen molar-refractivity contribution in [2.75, 3.05) is 0 Å². The second-order valence-corrected chi connectivity index (χ2v) is 4.51. The molecule has 2 heteroatoms. The van der Waals surface area contributed by atoms with Crippen molar-refractivity contribution in [1.29, 1.82) is 0 Å². The van der Waals surface area contributed by atoms with Crippen molar-refractivity contribution in [1.82, 2.24) is 0 Å². The Morgan fingerprint density at radius 2 is 2.31 bits per heavy atom. The largest absolute Gasteiger partial charge is 0.385 e. The first-order valence-corrected chi connectivity index (χ1v) is 5.38. The molecule has 0 spiro atoms. The van der Waals surface area contributed by atoms with Crippen LogP contribution in [0.25, 0.3) is 0 Å². The van der Waals surface area contributed by atoms with E-state index < -0.39 is 5.60 Å². The van der Waals surface area contributed by atoms with Gasteiger partial charge in [0.05, 0.1) is 5.60 Å². The quantitative estimate of drug-likeness (QED) is 0.605. The van der Waals surface area contributed by atoms with Crippen molar-refractivity contribution in [3.63, 3.8) is 0 Å². The lowest BCUT2D eigenvalue weighted by Crippen LogP contribution is -2.30. The SMILES string of the molecule is NC1CCC(O)(C2=CCCCC2)C1. The third-order valence-corrected chi connectivity index (χ3v) is 3.42. The highest BCUT2D eigenvalue weighted by Gasteiger charge is 2.38. The molecule has 2 aliphatic rings. The van der Waals surface area contributed by atoms with E-state index in [-0.39, 0.29) is 6.04 Å². The Hall–Kier alpha value is -0.340. The van der Waals surface area contributed by atoms with Crippen LogP contribution < -0.4 is 5.73 Å². The van der Waals surface area contributed by atoms with Crippen LogP contribution in [0.4, 0.5) is 0 Å². The fourth-order valence-corrected chi connectivity index (χ4v) is 2.61. The Morgan fingerprint density at radius 1 is 1.46 bits per heavy atom. The summed E-state index contributed by atoms with van der Waals surface area (Å²) >= 11 is 0. The third-order valence-electron chi connectivity index (χ3n) is 3.42. The van der Waals surface area contributed by atoms with Gasteiger partial charge in [0.1, 0.15) is 0 Å². The molecule has 74 valence electrons. The number of rotatable bonds is 1. The van der Waals surface area contributed by atoms with Crippen molar-refractivity contribution in [3.05, 3.63) is 11.6 Å². The highest BCUT2D eigenvalue weighted by Crippen LogP contribution is 2.39. The van der Waals surface area contributed by atoms with Gasteiger partial charge in [0.15, 0.2) is 0 Å². The zero-order chi connectivity index (χ0) is 9.31. The normalized spacial score (nSPS) is 40.5. The molecule has 0 aliphatic heterocycles. The van der Waals surface area contributed by atoms with E-state index in [0.717, 1.165) is 32.1 Å². The Morgan fingerprint density at radius 3 is 2.85 bits per heavy atom. The first kappa shape index (κ1) is 9.22. The van der Waals surface area contributed by atoms with Gasteiger partial charge in [0.25, 0.3) is 0 Å². The maximum atomic E-state index is 10.3. The van der Waals surface area contributed by atoms with Crippen molar-refractivity contribution in [3.8, 4) is 0 Å². The Balaban J connectivity index is 2.10. The summed E-state index contributed by atoms with van der Waals surface area (Å²) in [6.07, 6.45) is 9.62. The van der Waals surface area contributed by atoms with Gasteiger partial charge in [0.2, 0.25) is 0 Å². The Kier molecular flexibility index (Phi) is 2.43. The lowest BCUT2D eigenvalue weighted by atomic mass is 9.84. The van der Waals surface area contributed by atoms with E-state index in [1.807, 2.05) is 0 Å². The monoisotopic (exact) mass is 181 g/mol. The molecule has 2 rings (SSSR count). The van der Waals surface area contributed by atoms with Crippen molar-refractivity contribution < 1.29 is 5.11 Å². The van der Waals surface area contributed by atoms with Crippen LogP contribution in [0.3, 0.4) is 0 Å². The lowest BCUT2D eigenvalue weighted by Gasteiger charge is -2.28. The molecule has 0 aromatic rings. The second-order valence-electron chi connectivity index (χ2n) is 4.51. The van der Waals surface area contributed by atoms with E-state index in [1.165, 1.54) is 18.4 Å². The van der Waals surface area contributed by atoms with Crippen LogP contribution in [0.2, 0.25) is 0 Å². The molecule has 0 aromatic carbocycles. The van der Waals surface area contributed by atoms with Gasteiger partial charge in [-0.25, -0.2) is 0 Å². The summed E-state index contributed by atoms with van der Waals surface area (Å²) in [4.78, 5) is 0. The molecule has 0 saturated heterocycles. The molecule has 2 unspecified atom stereocenters. The minimum absolute atomic E-state index is 0.216. The van der Waals surface area contributed by atoms with E-state index in [9.17, 15) is 5.11 Å². The zero-order valence-corrected chi connectivity index (χ0v) is 8.13. The molecule has 0 amide bonds. The minimum Gasteiger partial charge on any atom is -0.385 e. The second kappa shape index (κ2) is 3.43. The molecular formula is C11H19NO. The zero-order valence-electron chi connectivity index (χ0n) is 8.13. The van der Waals surface area contributed by atoms with Crippen LogP contribution in [0.5, 0.6) is 0 Å². The minimum atomic E-state index is -0.528. The van der Waals surface area contributed by atoms with E-state index in [0.29, 0.717) is 0 Å². The van der Waals surface area contributed by atoms with Crippen LogP contribution in [-0.4, -0.2) is 16.7 Å². The van der Waals surface area contributed by atoms with Gasteiger partial charge in [-0.2, -0.15) is 0 Å². The van der Waals surface area contributed by atoms with Crippen LogP contribution in [0.1, 0.15) is 44.9 Å². The molecule has 1 saturated carbocycles. The summed E-state index contributed by atoms with van der Waals surface area (Å²) in [5.74, 6) is 0. The molecule has 0 radical (unpaired) electrons. The molecule has 1 fully saturated rings. The summed E-state index contributed by atoms with van der Waals surface area (Å²) in [5, 5.41) is 10.3. The molecule has 2 aliphatic carbocycles. The predicted octanol–water partition coefficient (Wildman–Crippen LogP) is 1.73. The van der Waals surface area contributed by atoms with Gasteiger partial charge in [-0.15, -0.1) is 0 Å². The number of hydrogen-bond acceptors (Lipinski definition) is 2. The summed E-state index contributed by atoms with van der Waals surface area (Å²) < 4.78 is 0. The van der Waals surface area contributed by atoms with Gasteiger partial charge in [-0.1, -0.05) is 6.08 Å². The third kappa shape index (κ3) is 1.79. The summed E-state index contributed by atoms with van der Waals surface area (Å²) in [6.45, 7) is 0. The number of nitrogens with two attached hydrogens (primary N) is 1. The van der Waals surface area contributed by atoms with E-state index in [1.54, 1.807) is 0 Å². The molecule has 0 bridgehead atoms. The predicted molar refractivity (Wildman–Crippen MR) is 53.3 cm³/mol. The standard InChI is InChI=1S/C11H19NO/c12-10-6-7-11(13,8-10)9-4-2-1-3-5-9/h4,10,13H,1-3,5-8,12H2. The van der Waals surface area contributed by atoms with E-state index in [4.69, 9.17) is 5.73 Å².